The first-order valence-electron chi connectivity index (χ1n) is 9.37. The molecular weight excluding hydrogens is 349 g/mol. The topological polar surface area (TPSA) is 20.3 Å². The van der Waals surface area contributed by atoms with E-state index in [0.29, 0.717) is 17.9 Å². The van der Waals surface area contributed by atoms with Gasteiger partial charge in [0.25, 0.3) is 0 Å². The van der Waals surface area contributed by atoms with Crippen molar-refractivity contribution in [3.8, 4) is 0 Å². The Hall–Kier alpha value is -1.71. The standard InChI is InChI=1S/C22H23ClFNO/c23-18-4-1-3-16(11-18)20-12-17-13-25(14-21(17)20)10-2-5-22(26)15-6-8-19(24)9-7-15/h1,3-4,6-9,11,17,20-21H,2,5,10,12-14H2. The predicted octanol–water partition coefficient (Wildman–Crippen LogP) is 5.18. The minimum absolute atomic E-state index is 0.101. The second kappa shape index (κ2) is 7.50. The quantitative estimate of drug-likeness (QED) is 0.652. The van der Waals surface area contributed by atoms with E-state index in [1.165, 1.54) is 24.1 Å². The average molecular weight is 372 g/mol. The van der Waals surface area contributed by atoms with Gasteiger partial charge in [0.2, 0.25) is 0 Å². The molecule has 0 radical (unpaired) electrons. The molecule has 26 heavy (non-hydrogen) atoms. The largest absolute Gasteiger partial charge is 0.303 e. The SMILES string of the molecule is O=C(CCCN1CC2CC(c3cccc(Cl)c3)C2C1)c1ccc(F)cc1. The fraction of sp³-hybridized carbons (Fsp3) is 0.409. The van der Waals surface area contributed by atoms with Crippen LogP contribution < -0.4 is 0 Å². The molecule has 2 aliphatic rings. The van der Waals surface area contributed by atoms with Gasteiger partial charge in [-0.25, -0.2) is 4.39 Å². The molecular formula is C22H23ClFNO. The zero-order valence-corrected chi connectivity index (χ0v) is 15.5. The van der Waals surface area contributed by atoms with Crippen molar-refractivity contribution < 1.29 is 9.18 Å². The van der Waals surface area contributed by atoms with Gasteiger partial charge in [-0.1, -0.05) is 23.7 Å². The highest BCUT2D eigenvalue weighted by molar-refractivity contribution is 6.30. The number of hydrogen-bond acceptors (Lipinski definition) is 2. The van der Waals surface area contributed by atoms with Gasteiger partial charge in [-0.3, -0.25) is 4.79 Å². The molecule has 1 aliphatic carbocycles. The summed E-state index contributed by atoms with van der Waals surface area (Å²) >= 11 is 6.14. The smallest absolute Gasteiger partial charge is 0.162 e. The van der Waals surface area contributed by atoms with E-state index in [0.717, 1.165) is 42.9 Å². The van der Waals surface area contributed by atoms with E-state index in [1.54, 1.807) is 12.1 Å². The molecule has 1 heterocycles. The molecule has 0 amide bonds. The van der Waals surface area contributed by atoms with Crippen LogP contribution in [0.1, 0.15) is 41.1 Å². The maximum atomic E-state index is 12.9. The molecule has 136 valence electrons. The number of hydrogen-bond donors (Lipinski definition) is 0. The Kier molecular flexibility index (Phi) is 5.10. The number of carbonyl (C=O) groups is 1. The molecule has 3 atom stereocenters. The number of rotatable bonds is 6. The molecule has 0 aromatic heterocycles. The summed E-state index contributed by atoms with van der Waals surface area (Å²) in [5, 5.41) is 0.820. The maximum absolute atomic E-state index is 12.9. The van der Waals surface area contributed by atoms with Crippen LogP contribution in [0.4, 0.5) is 4.39 Å². The van der Waals surface area contributed by atoms with E-state index in [-0.39, 0.29) is 11.6 Å². The zero-order valence-electron chi connectivity index (χ0n) is 14.7. The zero-order chi connectivity index (χ0) is 18.1. The van der Waals surface area contributed by atoms with Crippen LogP contribution in [0.15, 0.2) is 48.5 Å². The lowest BCUT2D eigenvalue weighted by molar-refractivity contribution is 0.0976. The van der Waals surface area contributed by atoms with Crippen molar-refractivity contribution in [3.63, 3.8) is 0 Å². The van der Waals surface area contributed by atoms with Crippen LogP contribution in [0.3, 0.4) is 0 Å². The van der Waals surface area contributed by atoms with E-state index >= 15 is 0 Å². The first kappa shape index (κ1) is 17.7. The fourth-order valence-corrected chi connectivity index (χ4v) is 4.74. The van der Waals surface area contributed by atoms with Gasteiger partial charge in [0.1, 0.15) is 5.82 Å². The molecule has 0 N–H and O–H groups in total. The lowest BCUT2D eigenvalue weighted by Crippen LogP contribution is -2.33. The Bertz CT molecular complexity index is 791. The summed E-state index contributed by atoms with van der Waals surface area (Å²) in [5.41, 5.74) is 1.97. The number of carbonyl (C=O) groups excluding carboxylic acids is 1. The van der Waals surface area contributed by atoms with Crippen LogP contribution in [-0.2, 0) is 0 Å². The van der Waals surface area contributed by atoms with Crippen molar-refractivity contribution >= 4 is 17.4 Å². The van der Waals surface area contributed by atoms with Gasteiger partial charge in [-0.15, -0.1) is 0 Å². The van der Waals surface area contributed by atoms with Crippen molar-refractivity contribution in [1.29, 1.82) is 0 Å². The van der Waals surface area contributed by atoms with Crippen molar-refractivity contribution in [2.75, 3.05) is 19.6 Å². The van der Waals surface area contributed by atoms with Crippen molar-refractivity contribution in [2.24, 2.45) is 11.8 Å². The molecule has 3 unspecified atom stereocenters. The molecule has 1 saturated carbocycles. The molecule has 4 rings (SSSR count). The molecule has 2 nitrogen and oxygen atoms in total. The summed E-state index contributed by atoms with van der Waals surface area (Å²) in [6.07, 6.45) is 2.63. The summed E-state index contributed by atoms with van der Waals surface area (Å²) < 4.78 is 12.9. The lowest BCUT2D eigenvalue weighted by Gasteiger charge is -2.40. The first-order valence-corrected chi connectivity index (χ1v) is 9.74. The van der Waals surface area contributed by atoms with Crippen molar-refractivity contribution in [2.45, 2.75) is 25.2 Å². The molecule has 2 fully saturated rings. The van der Waals surface area contributed by atoms with Crippen LogP contribution in [0.25, 0.3) is 0 Å². The summed E-state index contributed by atoms with van der Waals surface area (Å²) in [7, 11) is 0. The predicted molar refractivity (Wildman–Crippen MR) is 102 cm³/mol. The number of benzene rings is 2. The highest BCUT2D eigenvalue weighted by atomic mass is 35.5. The first-order chi connectivity index (χ1) is 12.6. The number of ketones is 1. The summed E-state index contributed by atoms with van der Waals surface area (Å²) in [6, 6.07) is 14.1. The van der Waals surface area contributed by atoms with Crippen molar-refractivity contribution in [3.05, 3.63) is 70.5 Å². The van der Waals surface area contributed by atoms with Gasteiger partial charge in [-0.05, 0) is 79.1 Å². The second-order valence-corrected chi connectivity index (χ2v) is 8.05. The third kappa shape index (κ3) is 3.70. The minimum Gasteiger partial charge on any atom is -0.303 e. The number of halogens is 2. The van der Waals surface area contributed by atoms with E-state index in [1.807, 2.05) is 12.1 Å². The molecule has 2 aromatic rings. The van der Waals surface area contributed by atoms with E-state index in [2.05, 4.69) is 17.0 Å². The van der Waals surface area contributed by atoms with E-state index in [4.69, 9.17) is 11.6 Å². The van der Waals surface area contributed by atoms with Gasteiger partial charge < -0.3 is 4.90 Å². The van der Waals surface area contributed by atoms with E-state index in [9.17, 15) is 9.18 Å². The van der Waals surface area contributed by atoms with Gasteiger partial charge in [0.15, 0.2) is 5.78 Å². The summed E-state index contributed by atoms with van der Waals surface area (Å²) in [6.45, 7) is 3.22. The lowest BCUT2D eigenvalue weighted by atomic mass is 9.64. The molecule has 0 bridgehead atoms. The van der Waals surface area contributed by atoms with Crippen molar-refractivity contribution in [1.82, 2.24) is 4.90 Å². The highest BCUT2D eigenvalue weighted by Gasteiger charge is 2.47. The summed E-state index contributed by atoms with van der Waals surface area (Å²) in [4.78, 5) is 14.7. The molecule has 2 aromatic carbocycles. The van der Waals surface area contributed by atoms with Crippen LogP contribution in [0.5, 0.6) is 0 Å². The Labute approximate surface area is 159 Å². The summed E-state index contributed by atoms with van der Waals surface area (Å²) in [5.74, 6) is 1.94. The third-order valence-corrected chi connectivity index (χ3v) is 6.20. The third-order valence-electron chi connectivity index (χ3n) is 5.96. The Morgan fingerprint density at radius 1 is 1.15 bits per heavy atom. The number of nitrogens with zero attached hydrogens (tertiary/aromatic N) is 1. The van der Waals surface area contributed by atoms with Gasteiger partial charge >= 0.3 is 0 Å². The normalized spacial score (nSPS) is 24.9. The molecule has 1 saturated heterocycles. The van der Waals surface area contributed by atoms with Crippen LogP contribution in [0.2, 0.25) is 5.02 Å². The molecule has 0 spiro atoms. The second-order valence-electron chi connectivity index (χ2n) is 7.61. The van der Waals surface area contributed by atoms with Gasteiger partial charge in [-0.2, -0.15) is 0 Å². The van der Waals surface area contributed by atoms with Gasteiger partial charge in [0, 0.05) is 30.1 Å². The number of Topliss-reactive ketones (excluding diaryl/α,β-unsaturated/α-hetero) is 1. The van der Waals surface area contributed by atoms with Crippen LogP contribution in [0, 0.1) is 17.7 Å². The van der Waals surface area contributed by atoms with E-state index < -0.39 is 0 Å². The fourth-order valence-electron chi connectivity index (χ4n) is 4.55. The molecule has 4 heteroatoms. The number of likely N-dealkylation sites (tertiary alicyclic amines) is 1. The van der Waals surface area contributed by atoms with Crippen LogP contribution in [-0.4, -0.2) is 30.3 Å². The Morgan fingerprint density at radius 2 is 1.96 bits per heavy atom. The highest BCUT2D eigenvalue weighted by Crippen LogP contribution is 2.51. The number of fused-ring (bicyclic) bond motifs is 1. The molecule has 1 aliphatic heterocycles. The average Bonchev–Trinajstić information content (AvgIpc) is 2.92. The Morgan fingerprint density at radius 3 is 2.73 bits per heavy atom. The Balaban J connectivity index is 1.25. The van der Waals surface area contributed by atoms with Crippen LogP contribution >= 0.6 is 11.6 Å². The monoisotopic (exact) mass is 371 g/mol. The maximum Gasteiger partial charge on any atom is 0.162 e. The van der Waals surface area contributed by atoms with Gasteiger partial charge in [0.05, 0.1) is 0 Å². The minimum atomic E-state index is -0.302.